The standard InChI is InChI=1S/C10H10Br2N2O6S/c11-8(12)10(9(18)19)2-21(20)7-5(13-3-16)6(17)14(7)4(10)1-15/h1,3-5,7-8H,2H2,(H,13,16)(H,18,19)/t4?,5-,7-,10?,21+/m1/s1. The summed E-state index contributed by atoms with van der Waals surface area (Å²) in [6, 6.07) is -2.26. The van der Waals surface area contributed by atoms with Gasteiger partial charge in [-0.05, 0) is 0 Å². The molecule has 2 amide bonds. The fourth-order valence-corrected chi connectivity index (χ4v) is 6.38. The van der Waals surface area contributed by atoms with E-state index in [1.807, 2.05) is 0 Å². The molecule has 0 saturated carbocycles. The molecule has 0 radical (unpaired) electrons. The number of amides is 2. The van der Waals surface area contributed by atoms with Gasteiger partial charge in [-0.3, -0.25) is 18.6 Å². The van der Waals surface area contributed by atoms with E-state index in [0.717, 1.165) is 4.90 Å². The van der Waals surface area contributed by atoms with E-state index in [-0.39, 0.29) is 5.75 Å². The van der Waals surface area contributed by atoms with E-state index in [2.05, 4.69) is 37.2 Å². The van der Waals surface area contributed by atoms with Crippen LogP contribution in [-0.4, -0.2) is 65.7 Å². The molecule has 11 heteroatoms. The third-order valence-electron chi connectivity index (χ3n) is 3.72. The number of nitrogens with zero attached hydrogens (tertiary/aromatic N) is 1. The summed E-state index contributed by atoms with van der Waals surface area (Å²) in [7, 11) is -1.73. The van der Waals surface area contributed by atoms with Crippen molar-refractivity contribution in [2.45, 2.75) is 21.2 Å². The van der Waals surface area contributed by atoms with E-state index in [9.17, 15) is 28.5 Å². The number of β-lactam (4-membered cyclic amide) rings is 1. The van der Waals surface area contributed by atoms with Crippen molar-refractivity contribution in [2.75, 3.05) is 5.75 Å². The van der Waals surface area contributed by atoms with Crippen molar-refractivity contribution in [1.82, 2.24) is 10.2 Å². The number of alkyl halides is 2. The molecule has 2 aliphatic rings. The van der Waals surface area contributed by atoms with Gasteiger partial charge >= 0.3 is 5.97 Å². The van der Waals surface area contributed by atoms with Crippen LogP contribution in [0.25, 0.3) is 0 Å². The quantitative estimate of drug-likeness (QED) is 0.311. The maximum atomic E-state index is 12.3. The first kappa shape index (κ1) is 16.6. The van der Waals surface area contributed by atoms with E-state index in [1.165, 1.54) is 0 Å². The van der Waals surface area contributed by atoms with Crippen molar-refractivity contribution in [3.8, 4) is 0 Å². The van der Waals surface area contributed by atoms with Gasteiger partial charge in [0.2, 0.25) is 12.3 Å². The highest BCUT2D eigenvalue weighted by molar-refractivity contribution is 9.24. The number of aldehydes is 1. The van der Waals surface area contributed by atoms with Crippen molar-refractivity contribution >= 4 is 67.2 Å². The van der Waals surface area contributed by atoms with Crippen LogP contribution in [0.15, 0.2) is 0 Å². The minimum atomic E-state index is -1.75. The summed E-state index contributed by atoms with van der Waals surface area (Å²) in [6.45, 7) is 0. The Bertz CT molecular complexity index is 544. The van der Waals surface area contributed by atoms with Gasteiger partial charge in [0, 0.05) is 16.6 Å². The first-order valence-electron chi connectivity index (χ1n) is 5.68. The summed E-state index contributed by atoms with van der Waals surface area (Å²) in [5, 5.41) is 10.9. The van der Waals surface area contributed by atoms with Crippen LogP contribution in [0, 0.1) is 5.41 Å². The first-order chi connectivity index (χ1) is 9.82. The van der Waals surface area contributed by atoms with Gasteiger partial charge in [0.25, 0.3) is 0 Å². The largest absolute Gasteiger partial charge is 0.481 e. The van der Waals surface area contributed by atoms with Gasteiger partial charge in [-0.1, -0.05) is 31.9 Å². The Kier molecular flexibility index (Phi) is 4.54. The van der Waals surface area contributed by atoms with E-state index < -0.39 is 49.3 Å². The Balaban J connectivity index is 2.46. The Morgan fingerprint density at radius 2 is 2.14 bits per heavy atom. The van der Waals surface area contributed by atoms with Gasteiger partial charge in [-0.15, -0.1) is 0 Å². The Morgan fingerprint density at radius 3 is 2.57 bits per heavy atom. The third-order valence-corrected chi connectivity index (χ3v) is 7.16. The predicted octanol–water partition coefficient (Wildman–Crippen LogP) is -1.21. The number of carbonyl (C=O) groups is 4. The fraction of sp³-hybridized carbons (Fsp3) is 0.600. The third kappa shape index (κ3) is 2.16. The molecule has 5 atom stereocenters. The highest BCUT2D eigenvalue weighted by atomic mass is 79.9. The van der Waals surface area contributed by atoms with E-state index in [4.69, 9.17) is 0 Å². The van der Waals surface area contributed by atoms with Crippen LogP contribution >= 0.6 is 31.9 Å². The SMILES string of the molecule is O=CN[C@@H]1C(=O)N2C(C=O)C(C(=O)O)(C(Br)Br)C[S@](=O)[C@H]12. The molecule has 0 spiro atoms. The number of rotatable bonds is 5. The number of hydrogen-bond donors (Lipinski definition) is 2. The number of carboxylic acids is 1. The van der Waals surface area contributed by atoms with Crippen molar-refractivity contribution in [3.05, 3.63) is 0 Å². The molecule has 2 fully saturated rings. The lowest BCUT2D eigenvalue weighted by Gasteiger charge is -2.56. The number of hydrogen-bond acceptors (Lipinski definition) is 5. The highest BCUT2D eigenvalue weighted by Crippen LogP contribution is 2.46. The number of fused-ring (bicyclic) bond motifs is 1. The molecule has 0 aromatic heterocycles. The Labute approximate surface area is 138 Å². The van der Waals surface area contributed by atoms with Gasteiger partial charge in [0.1, 0.15) is 29.2 Å². The maximum absolute atomic E-state index is 12.3. The molecule has 0 aromatic carbocycles. The average molecular weight is 446 g/mol. The second kappa shape index (κ2) is 5.76. The molecule has 2 rings (SSSR count). The molecule has 2 saturated heterocycles. The van der Waals surface area contributed by atoms with E-state index in [1.54, 1.807) is 0 Å². The smallest absolute Gasteiger partial charge is 0.315 e. The van der Waals surface area contributed by atoms with Crippen LogP contribution in [0.5, 0.6) is 0 Å². The van der Waals surface area contributed by atoms with Gasteiger partial charge in [-0.2, -0.15) is 0 Å². The topological polar surface area (TPSA) is 121 Å². The zero-order chi connectivity index (χ0) is 15.9. The molecule has 21 heavy (non-hydrogen) atoms. The van der Waals surface area contributed by atoms with Gasteiger partial charge in [-0.25, -0.2) is 0 Å². The van der Waals surface area contributed by atoms with Crippen LogP contribution in [-0.2, 0) is 30.0 Å². The molecule has 2 N–H and O–H groups in total. The molecule has 2 heterocycles. The van der Waals surface area contributed by atoms with Gasteiger partial charge in [0.05, 0.1) is 3.74 Å². The van der Waals surface area contributed by atoms with Crippen molar-refractivity contribution < 1.29 is 28.5 Å². The second-order valence-electron chi connectivity index (χ2n) is 4.65. The lowest BCUT2D eigenvalue weighted by molar-refractivity contribution is -0.166. The van der Waals surface area contributed by atoms with Crippen LogP contribution in [0.2, 0.25) is 0 Å². The zero-order valence-corrected chi connectivity index (χ0v) is 14.3. The van der Waals surface area contributed by atoms with Crippen molar-refractivity contribution in [3.63, 3.8) is 0 Å². The van der Waals surface area contributed by atoms with Crippen LogP contribution in [0.4, 0.5) is 0 Å². The molecule has 0 aliphatic carbocycles. The number of carbonyl (C=O) groups excluding carboxylic acids is 3. The second-order valence-corrected chi connectivity index (χ2v) is 9.24. The summed E-state index contributed by atoms with van der Waals surface area (Å²) >= 11 is 6.14. The van der Waals surface area contributed by atoms with Crippen LogP contribution in [0.1, 0.15) is 0 Å². The molecular formula is C10H10Br2N2O6S. The average Bonchev–Trinajstić information content (AvgIpc) is 2.42. The minimum Gasteiger partial charge on any atom is -0.481 e. The normalized spacial score (nSPS) is 38.4. The summed E-state index contributed by atoms with van der Waals surface area (Å²) < 4.78 is 11.5. The molecule has 0 aromatic rings. The van der Waals surface area contributed by atoms with Gasteiger partial charge < -0.3 is 20.1 Å². The molecule has 116 valence electrons. The predicted molar refractivity (Wildman–Crippen MR) is 78.2 cm³/mol. The Morgan fingerprint density at radius 1 is 1.52 bits per heavy atom. The molecule has 8 nitrogen and oxygen atoms in total. The molecular weight excluding hydrogens is 436 g/mol. The number of nitrogens with one attached hydrogen (secondary N) is 1. The summed E-state index contributed by atoms with van der Waals surface area (Å²) in [4.78, 5) is 46.5. The monoisotopic (exact) mass is 444 g/mol. The number of carboxylic acid groups (broad SMARTS) is 1. The molecule has 2 unspecified atom stereocenters. The Hall–Kier alpha value is -0.810. The summed E-state index contributed by atoms with van der Waals surface area (Å²) in [6.07, 6.45) is 0.673. The minimum absolute atomic E-state index is 0.309. The van der Waals surface area contributed by atoms with Crippen molar-refractivity contribution in [2.24, 2.45) is 5.41 Å². The highest BCUT2D eigenvalue weighted by Gasteiger charge is 2.67. The first-order valence-corrected chi connectivity index (χ1v) is 8.90. The fourth-order valence-electron chi connectivity index (χ4n) is 2.60. The van der Waals surface area contributed by atoms with E-state index in [0.29, 0.717) is 12.7 Å². The van der Waals surface area contributed by atoms with Crippen LogP contribution < -0.4 is 5.32 Å². The maximum Gasteiger partial charge on any atom is 0.315 e. The van der Waals surface area contributed by atoms with E-state index >= 15 is 0 Å². The lowest BCUT2D eigenvalue weighted by Crippen LogP contribution is -2.81. The zero-order valence-electron chi connectivity index (χ0n) is 10.3. The van der Waals surface area contributed by atoms with Crippen molar-refractivity contribution in [1.29, 1.82) is 0 Å². The number of halogens is 2. The molecule has 2 aliphatic heterocycles. The molecule has 0 bridgehead atoms. The number of aliphatic carboxylic acids is 1. The summed E-state index contributed by atoms with van der Waals surface area (Å²) in [5.41, 5.74) is -1.75. The van der Waals surface area contributed by atoms with Crippen LogP contribution in [0.3, 0.4) is 0 Å². The van der Waals surface area contributed by atoms with Gasteiger partial charge in [0.15, 0.2) is 0 Å². The summed E-state index contributed by atoms with van der Waals surface area (Å²) in [5.74, 6) is -2.29. The lowest BCUT2D eigenvalue weighted by atomic mass is 9.81.